The van der Waals surface area contributed by atoms with Gasteiger partial charge in [0.1, 0.15) is 18.1 Å². The first kappa shape index (κ1) is 50.9. The van der Waals surface area contributed by atoms with Gasteiger partial charge < -0.3 is 14.4 Å². The molecule has 0 fully saturated rings. The number of rotatable bonds is 16. The summed E-state index contributed by atoms with van der Waals surface area (Å²) in [6, 6.07) is 29.2. The van der Waals surface area contributed by atoms with Crippen LogP contribution in [0.3, 0.4) is 0 Å². The molecule has 0 saturated heterocycles. The van der Waals surface area contributed by atoms with Gasteiger partial charge in [-0.05, 0) is 151 Å². The molecular weight excluding hydrogens is 939 g/mol. The van der Waals surface area contributed by atoms with Gasteiger partial charge in [0.15, 0.2) is 5.71 Å². The number of carbonyl (C=O) groups excluding carboxylic acids is 1. The third-order valence-electron chi connectivity index (χ3n) is 14.3. The third kappa shape index (κ3) is 10.3. The minimum Gasteiger partial charge on any atom is -0.457 e. The SMILES string of the molecule is CC(C)CC[N+]1=C(/C=C/C2=C(Oc3ccc(CCC(=O)NS)cc3)C(=C/C=C3/N(CCC(C)S(=O)(=O)O)c4ccc5ccccc5c4C3(C)C)/CCC2)C(C)(C)c2c1ccc1cc(S(=O)(=O)O)ccc21. The summed E-state index contributed by atoms with van der Waals surface area (Å²) in [6.45, 7) is 15.9. The Morgan fingerprint density at radius 3 is 2.24 bits per heavy atom. The topological polar surface area (TPSA) is 153 Å². The lowest BCUT2D eigenvalue weighted by Crippen LogP contribution is -2.30. The molecule has 2 aliphatic heterocycles. The average Bonchev–Trinajstić information content (AvgIpc) is 3.68. The van der Waals surface area contributed by atoms with E-state index in [0.717, 1.165) is 110 Å². The molecule has 0 aromatic heterocycles. The predicted octanol–water partition coefficient (Wildman–Crippen LogP) is 11.9. The molecule has 8 rings (SSSR count). The van der Waals surface area contributed by atoms with Crippen LogP contribution in [-0.2, 0) is 42.3 Å². The molecule has 5 aromatic carbocycles. The molecule has 1 aliphatic carbocycles. The Balaban J connectivity index is 1.25. The van der Waals surface area contributed by atoms with Crippen molar-refractivity contribution in [1.82, 2.24) is 4.72 Å². The number of hydrogen-bond acceptors (Lipinski definition) is 8. The Morgan fingerprint density at radius 1 is 0.829 bits per heavy atom. The monoisotopic (exact) mass is 1000 g/mol. The summed E-state index contributed by atoms with van der Waals surface area (Å²) in [5.41, 5.74) is 8.47. The number of carbonyl (C=O) groups is 1. The summed E-state index contributed by atoms with van der Waals surface area (Å²) in [6.07, 6.45) is 13.1. The average molecular weight is 1000 g/mol. The highest BCUT2D eigenvalue weighted by Gasteiger charge is 2.46. The van der Waals surface area contributed by atoms with Gasteiger partial charge in [-0.15, -0.1) is 0 Å². The number of hydrogen-bond donors (Lipinski definition) is 4. The minimum atomic E-state index is -4.39. The molecule has 5 aromatic rings. The van der Waals surface area contributed by atoms with Crippen LogP contribution < -0.4 is 14.4 Å². The fourth-order valence-corrected chi connectivity index (χ4v) is 11.5. The first-order chi connectivity index (χ1) is 33.1. The molecule has 0 radical (unpaired) electrons. The molecule has 0 spiro atoms. The molecule has 2 heterocycles. The van der Waals surface area contributed by atoms with Crippen molar-refractivity contribution in [2.24, 2.45) is 5.92 Å². The van der Waals surface area contributed by atoms with Crippen molar-refractivity contribution in [2.45, 2.75) is 114 Å². The Labute approximate surface area is 418 Å². The third-order valence-corrected chi connectivity index (χ3v) is 16.7. The smallest absolute Gasteiger partial charge is 0.294 e. The number of nitrogens with one attached hydrogen (secondary N) is 1. The van der Waals surface area contributed by atoms with Crippen molar-refractivity contribution in [3.8, 4) is 5.75 Å². The van der Waals surface area contributed by atoms with E-state index in [2.05, 4.69) is 123 Å². The quantitative estimate of drug-likeness (QED) is 0.0430. The molecule has 1 unspecified atom stereocenters. The van der Waals surface area contributed by atoms with Crippen LogP contribution in [0.25, 0.3) is 21.5 Å². The van der Waals surface area contributed by atoms with Crippen molar-refractivity contribution in [1.29, 1.82) is 0 Å². The number of nitrogens with zero attached hydrogens (tertiary/aromatic N) is 2. The van der Waals surface area contributed by atoms with Gasteiger partial charge in [0.2, 0.25) is 11.6 Å². The number of fused-ring (bicyclic) bond motifs is 6. The van der Waals surface area contributed by atoms with Gasteiger partial charge in [0.05, 0.1) is 15.6 Å². The highest BCUT2D eigenvalue weighted by atomic mass is 32.2. The van der Waals surface area contributed by atoms with Crippen molar-refractivity contribution in [3.63, 3.8) is 0 Å². The molecule has 368 valence electrons. The maximum absolute atomic E-state index is 12.2. The molecule has 1 atom stereocenters. The molecule has 3 aliphatic rings. The first-order valence-corrected chi connectivity index (χ1v) is 27.5. The maximum Gasteiger partial charge on any atom is 0.294 e. The van der Waals surface area contributed by atoms with Crippen LogP contribution in [0, 0.1) is 5.92 Å². The zero-order valence-electron chi connectivity index (χ0n) is 41.0. The minimum absolute atomic E-state index is 0.141. The molecule has 0 bridgehead atoms. The Hall–Kier alpha value is -5.51. The number of thiol groups is 1. The van der Waals surface area contributed by atoms with Crippen LogP contribution in [0.4, 0.5) is 11.4 Å². The van der Waals surface area contributed by atoms with E-state index in [1.54, 1.807) is 6.07 Å². The van der Waals surface area contributed by atoms with Crippen LogP contribution >= 0.6 is 12.8 Å². The predicted molar refractivity (Wildman–Crippen MR) is 285 cm³/mol. The van der Waals surface area contributed by atoms with Crippen LogP contribution in [0.15, 0.2) is 143 Å². The van der Waals surface area contributed by atoms with E-state index < -0.39 is 36.3 Å². The zero-order valence-corrected chi connectivity index (χ0v) is 43.5. The van der Waals surface area contributed by atoms with Gasteiger partial charge in [-0.25, -0.2) is 0 Å². The van der Waals surface area contributed by atoms with Crippen LogP contribution in [0.5, 0.6) is 5.75 Å². The summed E-state index contributed by atoms with van der Waals surface area (Å²) < 4.78 is 80.4. The van der Waals surface area contributed by atoms with Crippen LogP contribution in [0.1, 0.15) is 104 Å². The van der Waals surface area contributed by atoms with Crippen LogP contribution in [0.2, 0.25) is 0 Å². The van der Waals surface area contributed by atoms with Gasteiger partial charge >= 0.3 is 0 Å². The normalized spacial score (nSPS) is 18.5. The number of amides is 1. The van der Waals surface area contributed by atoms with Gasteiger partial charge in [0.25, 0.3) is 20.2 Å². The fourth-order valence-electron chi connectivity index (χ4n) is 10.5. The largest absolute Gasteiger partial charge is 0.457 e. The first-order valence-electron chi connectivity index (χ1n) is 24.1. The highest BCUT2D eigenvalue weighted by Crippen LogP contribution is 2.51. The summed E-state index contributed by atoms with van der Waals surface area (Å²) in [4.78, 5) is 14.0. The van der Waals surface area contributed by atoms with E-state index in [1.165, 1.54) is 19.1 Å². The van der Waals surface area contributed by atoms with E-state index in [1.807, 2.05) is 42.5 Å². The lowest BCUT2D eigenvalue weighted by molar-refractivity contribution is -0.439. The molecule has 70 heavy (non-hydrogen) atoms. The Bertz CT molecular complexity index is 3270. The number of anilines is 1. The van der Waals surface area contributed by atoms with Gasteiger partial charge in [-0.3, -0.25) is 13.9 Å². The molecule has 11 nitrogen and oxygen atoms in total. The second-order valence-corrected chi connectivity index (χ2v) is 23.8. The van der Waals surface area contributed by atoms with Crippen molar-refractivity contribution < 1.29 is 40.0 Å². The van der Waals surface area contributed by atoms with Crippen molar-refractivity contribution >= 4 is 77.6 Å². The number of aryl methyl sites for hydroxylation is 1. The summed E-state index contributed by atoms with van der Waals surface area (Å²) in [5.74, 6) is 1.69. The van der Waals surface area contributed by atoms with E-state index in [-0.39, 0.29) is 17.2 Å². The van der Waals surface area contributed by atoms with E-state index in [9.17, 15) is 30.7 Å². The van der Waals surface area contributed by atoms with Crippen LogP contribution in [-0.4, -0.2) is 60.5 Å². The van der Waals surface area contributed by atoms with Crippen molar-refractivity contribution in [3.05, 3.63) is 155 Å². The lowest BCUT2D eigenvalue weighted by Gasteiger charge is -2.28. The highest BCUT2D eigenvalue weighted by molar-refractivity contribution is 7.86. The Morgan fingerprint density at radius 2 is 1.54 bits per heavy atom. The summed E-state index contributed by atoms with van der Waals surface area (Å²) in [5, 5.41) is 2.95. The van der Waals surface area contributed by atoms with Crippen molar-refractivity contribution in [2.75, 3.05) is 18.0 Å². The van der Waals surface area contributed by atoms with E-state index >= 15 is 0 Å². The Kier molecular flexibility index (Phi) is 14.5. The number of allylic oxidation sites excluding steroid dienone is 7. The van der Waals surface area contributed by atoms with E-state index in [4.69, 9.17) is 4.74 Å². The van der Waals surface area contributed by atoms with Gasteiger partial charge in [-0.1, -0.05) is 95.1 Å². The molecule has 1 amide bonds. The summed E-state index contributed by atoms with van der Waals surface area (Å²) in [7, 11) is -8.63. The maximum atomic E-state index is 12.2. The second kappa shape index (κ2) is 19.9. The lowest BCUT2D eigenvalue weighted by atomic mass is 9.78. The standard InChI is InChI=1S/C56H63N3O8S3/c1-36(2)31-33-58-48-27-19-42-35-44(70(64,65)66)24-25-46(42)53(48)56(6,7)49(58)28-20-40-12-10-13-41(54(40)67-43-22-15-38(16-23-43)17-30-51(60)57-68)21-29-50-55(4,5)52-45-14-9-8-11-39(45)18-26-47(52)59(50)34-32-37(3)69(61,62)63/h8-9,11,14-16,18-29,35-37H,10,12-13,17,30-34H2,1-7H3,(H3-,57,60,61,62,63,64,65,66,68)/p+1. The zero-order chi connectivity index (χ0) is 50.3. The molecule has 3 N–H and O–H groups in total. The molecule has 0 saturated carbocycles. The van der Waals surface area contributed by atoms with E-state index in [0.29, 0.717) is 31.1 Å². The second-order valence-electron chi connectivity index (χ2n) is 20.3. The van der Waals surface area contributed by atoms with Gasteiger partial charge in [0, 0.05) is 53.9 Å². The fraction of sp³-hybridized carbons (Fsp3) is 0.357. The summed E-state index contributed by atoms with van der Waals surface area (Å²) >= 11 is 3.90. The molecule has 14 heteroatoms. The molecular formula is C56H64N3O8S3+. The number of benzene rings is 5. The van der Waals surface area contributed by atoms with Gasteiger partial charge in [-0.2, -0.15) is 21.4 Å². The number of ether oxygens (including phenoxy) is 1.